The van der Waals surface area contributed by atoms with Gasteiger partial charge in [-0.25, -0.2) is 0 Å². The van der Waals surface area contributed by atoms with Gasteiger partial charge in [-0.1, -0.05) is 30.3 Å². The number of nitro benzene ring substituents is 1. The molecular formula is C19H17F3N2O4. The van der Waals surface area contributed by atoms with Crippen LogP contribution in [-0.2, 0) is 12.1 Å². The van der Waals surface area contributed by atoms with Crippen molar-refractivity contribution in [3.8, 4) is 0 Å². The number of benzene rings is 2. The average molecular weight is 394 g/mol. The van der Waals surface area contributed by atoms with Crippen LogP contribution >= 0.6 is 0 Å². The summed E-state index contributed by atoms with van der Waals surface area (Å²) in [6, 6.07) is 12.3. The number of hydrogen-bond donors (Lipinski definition) is 2. The highest BCUT2D eigenvalue weighted by Gasteiger charge is 2.55. The van der Waals surface area contributed by atoms with Crippen molar-refractivity contribution in [3.63, 3.8) is 0 Å². The summed E-state index contributed by atoms with van der Waals surface area (Å²) >= 11 is 0. The van der Waals surface area contributed by atoms with Gasteiger partial charge in [0, 0.05) is 48.9 Å². The molecule has 0 radical (unpaired) electrons. The zero-order chi connectivity index (χ0) is 20.5. The molecule has 1 heterocycles. The van der Waals surface area contributed by atoms with E-state index in [1.807, 2.05) is 0 Å². The van der Waals surface area contributed by atoms with Crippen LogP contribution in [0.3, 0.4) is 0 Å². The minimum absolute atomic E-state index is 0.0369. The van der Waals surface area contributed by atoms with Crippen LogP contribution < -0.4 is 0 Å². The van der Waals surface area contributed by atoms with Crippen molar-refractivity contribution < 1.29 is 28.3 Å². The predicted octanol–water partition coefficient (Wildman–Crippen LogP) is 3.73. The van der Waals surface area contributed by atoms with Crippen LogP contribution in [0.25, 0.3) is 10.9 Å². The van der Waals surface area contributed by atoms with Crippen molar-refractivity contribution in [2.45, 2.75) is 24.7 Å². The third-order valence-electron chi connectivity index (χ3n) is 4.66. The highest BCUT2D eigenvalue weighted by Crippen LogP contribution is 2.45. The van der Waals surface area contributed by atoms with Crippen LogP contribution in [0.4, 0.5) is 18.9 Å². The Balaban J connectivity index is 2.25. The van der Waals surface area contributed by atoms with Crippen LogP contribution in [0.2, 0.25) is 0 Å². The fraction of sp³-hybridized carbons (Fsp3) is 0.263. The Morgan fingerprint density at radius 3 is 2.36 bits per heavy atom. The number of alkyl halides is 3. The summed E-state index contributed by atoms with van der Waals surface area (Å²) in [5.41, 5.74) is -3.04. The van der Waals surface area contributed by atoms with E-state index in [1.165, 1.54) is 16.7 Å². The lowest BCUT2D eigenvalue weighted by Crippen LogP contribution is -2.43. The first-order valence-corrected chi connectivity index (χ1v) is 8.39. The number of non-ortho nitro benzene ring substituents is 1. The molecule has 6 nitrogen and oxygen atoms in total. The molecule has 0 spiro atoms. The quantitative estimate of drug-likeness (QED) is 0.493. The molecule has 0 aliphatic carbocycles. The van der Waals surface area contributed by atoms with Gasteiger partial charge < -0.3 is 14.8 Å². The highest BCUT2D eigenvalue weighted by atomic mass is 19.4. The number of aromatic nitrogens is 1. The molecule has 1 unspecified atom stereocenters. The number of aliphatic hydroxyl groups excluding tert-OH is 1. The smallest absolute Gasteiger partial charge is 0.396 e. The minimum Gasteiger partial charge on any atom is -0.396 e. The molecule has 2 aromatic carbocycles. The van der Waals surface area contributed by atoms with Gasteiger partial charge in [-0.2, -0.15) is 13.2 Å². The molecule has 0 saturated carbocycles. The molecule has 148 valence electrons. The predicted molar refractivity (Wildman–Crippen MR) is 95.8 cm³/mol. The zero-order valence-electron chi connectivity index (χ0n) is 14.6. The summed E-state index contributed by atoms with van der Waals surface area (Å²) in [4.78, 5) is 10.5. The molecule has 2 N–H and O–H groups in total. The van der Waals surface area contributed by atoms with Crippen molar-refractivity contribution in [1.82, 2.24) is 4.57 Å². The fourth-order valence-corrected chi connectivity index (χ4v) is 3.23. The van der Waals surface area contributed by atoms with Gasteiger partial charge in [-0.05, 0) is 11.6 Å². The molecule has 0 fully saturated rings. The molecule has 28 heavy (non-hydrogen) atoms. The van der Waals surface area contributed by atoms with Crippen molar-refractivity contribution in [2.75, 3.05) is 6.61 Å². The largest absolute Gasteiger partial charge is 0.421 e. The van der Waals surface area contributed by atoms with E-state index in [4.69, 9.17) is 5.11 Å². The topological polar surface area (TPSA) is 88.5 Å². The molecule has 1 aromatic heterocycles. The molecule has 0 bridgehead atoms. The van der Waals surface area contributed by atoms with E-state index in [9.17, 15) is 28.4 Å². The van der Waals surface area contributed by atoms with Gasteiger partial charge in [0.15, 0.2) is 5.60 Å². The van der Waals surface area contributed by atoms with Gasteiger partial charge in [0.1, 0.15) is 0 Å². The fourth-order valence-electron chi connectivity index (χ4n) is 3.23. The Labute approximate surface area is 157 Å². The van der Waals surface area contributed by atoms with Crippen LogP contribution in [-0.4, -0.2) is 32.5 Å². The SMILES string of the molecule is O=[N+]([O-])c1ccc2c(C(O)(CCO)C(F)(F)F)cn(Cc3ccccc3)c2c1. The van der Waals surface area contributed by atoms with E-state index in [2.05, 4.69) is 0 Å². The third-order valence-corrected chi connectivity index (χ3v) is 4.66. The van der Waals surface area contributed by atoms with Crippen molar-refractivity contribution in [1.29, 1.82) is 0 Å². The summed E-state index contributed by atoms with van der Waals surface area (Å²) in [5, 5.41) is 30.7. The second-order valence-corrected chi connectivity index (χ2v) is 6.45. The highest BCUT2D eigenvalue weighted by molar-refractivity contribution is 5.87. The van der Waals surface area contributed by atoms with Gasteiger partial charge >= 0.3 is 6.18 Å². The van der Waals surface area contributed by atoms with Gasteiger partial charge in [0.05, 0.1) is 10.4 Å². The summed E-state index contributed by atoms with van der Waals surface area (Å²) in [6.07, 6.45) is -4.84. The summed E-state index contributed by atoms with van der Waals surface area (Å²) in [5.74, 6) is 0. The Kier molecular flexibility index (Phi) is 5.14. The number of halogens is 3. The normalized spacial score (nSPS) is 14.2. The van der Waals surface area contributed by atoms with Crippen molar-refractivity contribution >= 4 is 16.6 Å². The monoisotopic (exact) mass is 394 g/mol. The number of hydrogen-bond acceptors (Lipinski definition) is 4. The summed E-state index contributed by atoms with van der Waals surface area (Å²) in [7, 11) is 0. The number of rotatable bonds is 6. The number of fused-ring (bicyclic) bond motifs is 1. The molecule has 0 aliphatic heterocycles. The second kappa shape index (κ2) is 7.25. The number of nitro groups is 1. The van der Waals surface area contributed by atoms with Crippen molar-refractivity contribution in [2.24, 2.45) is 0 Å². The maximum atomic E-state index is 13.7. The average Bonchev–Trinajstić information content (AvgIpc) is 3.00. The van der Waals surface area contributed by atoms with E-state index >= 15 is 0 Å². The van der Waals surface area contributed by atoms with Gasteiger partial charge in [-0.3, -0.25) is 10.1 Å². The summed E-state index contributed by atoms with van der Waals surface area (Å²) in [6.45, 7) is -0.722. The zero-order valence-corrected chi connectivity index (χ0v) is 14.6. The van der Waals surface area contributed by atoms with Crippen LogP contribution in [0.15, 0.2) is 54.7 Å². The lowest BCUT2D eigenvalue weighted by atomic mass is 9.89. The first-order valence-electron chi connectivity index (χ1n) is 8.39. The van der Waals surface area contributed by atoms with Gasteiger partial charge in [0.2, 0.25) is 0 Å². The molecule has 0 saturated heterocycles. The van der Waals surface area contributed by atoms with E-state index in [1.54, 1.807) is 30.3 Å². The maximum Gasteiger partial charge on any atom is 0.421 e. The molecule has 0 aliphatic rings. The van der Waals surface area contributed by atoms with Crippen LogP contribution in [0.1, 0.15) is 17.5 Å². The lowest BCUT2D eigenvalue weighted by Gasteiger charge is -2.29. The third kappa shape index (κ3) is 3.46. The minimum atomic E-state index is -5.04. The molecular weight excluding hydrogens is 377 g/mol. The molecule has 0 amide bonds. The Bertz CT molecular complexity index is 1000. The molecule has 3 aromatic rings. The molecule has 9 heteroatoms. The number of nitrogens with zero attached hydrogens (tertiary/aromatic N) is 2. The Hall–Kier alpha value is -2.91. The first-order chi connectivity index (χ1) is 13.2. The Morgan fingerprint density at radius 2 is 1.79 bits per heavy atom. The van der Waals surface area contributed by atoms with E-state index < -0.39 is 35.3 Å². The number of aliphatic hydroxyl groups is 2. The van der Waals surface area contributed by atoms with Crippen LogP contribution in [0, 0.1) is 10.1 Å². The van der Waals surface area contributed by atoms with E-state index in [-0.39, 0.29) is 23.1 Å². The van der Waals surface area contributed by atoms with Gasteiger partial charge in [-0.15, -0.1) is 0 Å². The molecule has 1 atom stereocenters. The van der Waals surface area contributed by atoms with E-state index in [0.717, 1.165) is 17.8 Å². The second-order valence-electron chi connectivity index (χ2n) is 6.45. The first kappa shape index (κ1) is 19.8. The van der Waals surface area contributed by atoms with Crippen molar-refractivity contribution in [3.05, 3.63) is 76.0 Å². The van der Waals surface area contributed by atoms with Crippen LogP contribution in [0.5, 0.6) is 0 Å². The molecule has 3 rings (SSSR count). The van der Waals surface area contributed by atoms with E-state index in [0.29, 0.717) is 0 Å². The standard InChI is InChI=1S/C19H17F3N2O4/c20-19(21,22)18(26,8-9-25)16-12-23(11-13-4-2-1-3-5-13)17-10-14(24(27)28)6-7-15(16)17/h1-7,10,12,25-26H,8-9,11H2. The lowest BCUT2D eigenvalue weighted by molar-refractivity contribution is -0.384. The van der Waals surface area contributed by atoms with Gasteiger partial charge in [0.25, 0.3) is 5.69 Å². The Morgan fingerprint density at radius 1 is 1.11 bits per heavy atom. The maximum absolute atomic E-state index is 13.7. The summed E-state index contributed by atoms with van der Waals surface area (Å²) < 4.78 is 42.4.